The molecule has 1 nitrogen and oxygen atoms in total. The topological polar surface area (TPSA) is 3.01 Å². The molecule has 0 atom stereocenters. The van der Waals surface area contributed by atoms with Gasteiger partial charge in [0.15, 0.2) is 0 Å². The normalized spacial score (nSPS) is 10.8. The summed E-state index contributed by atoms with van der Waals surface area (Å²) in [4.78, 5) is 0. The lowest BCUT2D eigenvalue weighted by atomic mass is 10.3. The first-order chi connectivity index (χ1) is 4.46. The van der Waals surface area contributed by atoms with Gasteiger partial charge in [0.25, 0.3) is 0 Å². The van der Waals surface area contributed by atoms with Gasteiger partial charge in [-0.15, -0.1) is 0 Å². The Labute approximate surface area is 72.6 Å². The van der Waals surface area contributed by atoms with Crippen molar-refractivity contribution in [2.24, 2.45) is 0 Å². The lowest BCUT2D eigenvalue weighted by Gasteiger charge is -2.09. The zero-order chi connectivity index (χ0) is 8.31. The third-order valence-electron chi connectivity index (χ3n) is 1.31. The second-order valence-corrected chi connectivity index (χ2v) is 3.74. The van der Waals surface area contributed by atoms with Gasteiger partial charge in [-0.1, -0.05) is 0 Å². The van der Waals surface area contributed by atoms with Crippen LogP contribution in [0.3, 0.4) is 0 Å². The summed E-state index contributed by atoms with van der Waals surface area (Å²) in [5.41, 5.74) is 0. The van der Waals surface area contributed by atoms with E-state index in [4.69, 9.17) is 23.2 Å². The predicted octanol–water partition coefficient (Wildman–Crippen LogP) is 2.65. The third kappa shape index (κ3) is 2.89. The van der Waals surface area contributed by atoms with Gasteiger partial charge in [0.2, 0.25) is 0 Å². The Morgan fingerprint density at radius 1 is 1.00 bits per heavy atom. The summed E-state index contributed by atoms with van der Waals surface area (Å²) in [5.74, 6) is 0. The minimum atomic E-state index is 0.352. The maximum atomic E-state index is 5.64. The molecule has 0 bridgehead atoms. The molecule has 0 aromatic rings. The van der Waals surface area contributed by atoms with Gasteiger partial charge in [-0.05, 0) is 27.7 Å². The van der Waals surface area contributed by atoms with Crippen molar-refractivity contribution in [3.8, 4) is 0 Å². The lowest BCUT2D eigenvalue weighted by molar-refractivity contribution is -0.583. The molecule has 0 N–H and O–H groups in total. The van der Waals surface area contributed by atoms with E-state index in [2.05, 4.69) is 27.7 Å². The van der Waals surface area contributed by atoms with Gasteiger partial charge in [-0.3, -0.25) is 0 Å². The Morgan fingerprint density at radius 3 is 1.30 bits per heavy atom. The minimum absolute atomic E-state index is 0.352. The fourth-order valence-corrected chi connectivity index (χ4v) is 1.77. The molecule has 60 valence electrons. The van der Waals surface area contributed by atoms with Crippen LogP contribution in [0.15, 0.2) is 0 Å². The van der Waals surface area contributed by atoms with Crippen LogP contribution >= 0.6 is 23.2 Å². The summed E-state index contributed by atoms with van der Waals surface area (Å²) in [6.07, 6.45) is 0. The van der Waals surface area contributed by atoms with E-state index < -0.39 is 0 Å². The van der Waals surface area contributed by atoms with Crippen molar-refractivity contribution in [3.63, 3.8) is 0 Å². The molecule has 0 unspecified atom stereocenters. The zero-order valence-corrected chi connectivity index (χ0v) is 8.37. The van der Waals surface area contributed by atoms with Crippen molar-refractivity contribution in [3.05, 3.63) is 0 Å². The van der Waals surface area contributed by atoms with Gasteiger partial charge in [0, 0.05) is 23.2 Å². The van der Waals surface area contributed by atoms with Crippen LogP contribution in [0, 0.1) is 0 Å². The van der Waals surface area contributed by atoms with Crippen molar-refractivity contribution in [1.82, 2.24) is 0 Å². The first-order valence-electron chi connectivity index (χ1n) is 3.43. The molecule has 0 rings (SSSR count). The van der Waals surface area contributed by atoms with E-state index in [-0.39, 0.29) is 0 Å². The van der Waals surface area contributed by atoms with E-state index in [0.717, 1.165) is 0 Å². The standard InChI is InChI=1S/C7H14Cl2N/c1-5(2)10(6(3)4)7(8)9/h5-6H,1-4H3/q+1. The van der Waals surface area contributed by atoms with E-state index in [1.54, 1.807) is 0 Å². The Bertz CT molecular complexity index is 125. The molecular formula is C7H14Cl2N+. The molecule has 0 aliphatic heterocycles. The Morgan fingerprint density at radius 2 is 1.30 bits per heavy atom. The molecule has 0 aromatic heterocycles. The molecule has 0 heterocycles. The van der Waals surface area contributed by atoms with Crippen LogP contribution in [-0.2, 0) is 0 Å². The van der Waals surface area contributed by atoms with Crippen LogP contribution in [0.25, 0.3) is 0 Å². The molecule has 0 amide bonds. The zero-order valence-electron chi connectivity index (χ0n) is 6.86. The van der Waals surface area contributed by atoms with Crippen molar-refractivity contribution < 1.29 is 4.58 Å². The van der Waals surface area contributed by atoms with E-state index in [1.807, 2.05) is 4.58 Å². The molecule has 0 saturated heterocycles. The van der Waals surface area contributed by atoms with Crippen molar-refractivity contribution in [1.29, 1.82) is 0 Å². The van der Waals surface area contributed by atoms with E-state index >= 15 is 0 Å². The van der Waals surface area contributed by atoms with E-state index in [0.29, 0.717) is 16.7 Å². The van der Waals surface area contributed by atoms with Crippen LogP contribution in [0.5, 0.6) is 0 Å². The average molecular weight is 183 g/mol. The quantitative estimate of drug-likeness (QED) is 0.457. The summed E-state index contributed by atoms with van der Waals surface area (Å²) in [5, 5.41) is 0. The molecule has 0 aliphatic carbocycles. The lowest BCUT2D eigenvalue weighted by Crippen LogP contribution is -2.29. The molecule has 0 aliphatic rings. The first kappa shape index (κ1) is 10.2. The number of nitrogens with zero attached hydrogens (tertiary/aromatic N) is 1. The highest BCUT2D eigenvalue weighted by atomic mass is 35.5. The highest BCUT2D eigenvalue weighted by Crippen LogP contribution is 2.03. The summed E-state index contributed by atoms with van der Waals surface area (Å²) in [6, 6.07) is 0.731. The van der Waals surface area contributed by atoms with Gasteiger partial charge in [-0.2, -0.15) is 0 Å². The minimum Gasteiger partial charge on any atom is -0.205 e. The summed E-state index contributed by atoms with van der Waals surface area (Å²) in [7, 11) is 0. The maximum absolute atomic E-state index is 5.64. The van der Waals surface area contributed by atoms with Gasteiger partial charge >= 0.3 is 4.63 Å². The highest BCUT2D eigenvalue weighted by Gasteiger charge is 2.17. The molecule has 0 spiro atoms. The summed E-state index contributed by atoms with van der Waals surface area (Å²) in [6.45, 7) is 8.24. The molecule has 0 fully saturated rings. The Kier molecular flexibility index (Phi) is 4.30. The van der Waals surface area contributed by atoms with Gasteiger partial charge in [0.1, 0.15) is 12.1 Å². The SMILES string of the molecule is CC(C)[N+](=C(Cl)Cl)C(C)C. The van der Waals surface area contributed by atoms with E-state index in [1.165, 1.54) is 0 Å². The van der Waals surface area contributed by atoms with Crippen molar-refractivity contribution in [2.45, 2.75) is 39.8 Å². The number of halogens is 2. The first-order valence-corrected chi connectivity index (χ1v) is 4.18. The summed E-state index contributed by atoms with van der Waals surface area (Å²) < 4.78 is 2.30. The largest absolute Gasteiger partial charge is 0.341 e. The van der Waals surface area contributed by atoms with Crippen molar-refractivity contribution >= 4 is 27.8 Å². The molecule has 3 heteroatoms. The Hall–Kier alpha value is 0.250. The number of rotatable bonds is 2. The van der Waals surface area contributed by atoms with Crippen LogP contribution in [0.2, 0.25) is 0 Å². The fourth-order valence-electron chi connectivity index (χ4n) is 0.987. The predicted molar refractivity (Wildman–Crippen MR) is 47.2 cm³/mol. The van der Waals surface area contributed by atoms with Crippen LogP contribution in [0.1, 0.15) is 27.7 Å². The molecular weight excluding hydrogens is 169 g/mol. The maximum Gasteiger partial charge on any atom is 0.341 e. The van der Waals surface area contributed by atoms with E-state index in [9.17, 15) is 0 Å². The second kappa shape index (κ2) is 4.20. The molecule has 0 aromatic carbocycles. The van der Waals surface area contributed by atoms with Crippen molar-refractivity contribution in [2.75, 3.05) is 0 Å². The third-order valence-corrected chi connectivity index (χ3v) is 1.70. The van der Waals surface area contributed by atoms with Gasteiger partial charge < -0.3 is 0 Å². The monoisotopic (exact) mass is 182 g/mol. The molecule has 0 saturated carbocycles. The molecule has 0 radical (unpaired) electrons. The number of hydrogen-bond acceptors (Lipinski definition) is 0. The second-order valence-electron chi connectivity index (χ2n) is 2.84. The molecule has 10 heavy (non-hydrogen) atoms. The smallest absolute Gasteiger partial charge is 0.205 e. The van der Waals surface area contributed by atoms with Crippen LogP contribution < -0.4 is 0 Å². The van der Waals surface area contributed by atoms with Gasteiger partial charge in [-0.25, -0.2) is 4.58 Å². The Balaban J connectivity index is 4.44. The fraction of sp³-hybridized carbons (Fsp3) is 0.857. The highest BCUT2D eigenvalue weighted by molar-refractivity contribution is 6.94. The van der Waals surface area contributed by atoms with Crippen LogP contribution in [0.4, 0.5) is 0 Å². The number of hydrogen-bond donors (Lipinski definition) is 0. The van der Waals surface area contributed by atoms with Crippen LogP contribution in [-0.4, -0.2) is 21.3 Å². The van der Waals surface area contributed by atoms with Gasteiger partial charge in [0.05, 0.1) is 0 Å². The average Bonchev–Trinajstić information content (AvgIpc) is 1.59. The summed E-state index contributed by atoms with van der Waals surface area (Å²) >= 11 is 11.3.